The summed E-state index contributed by atoms with van der Waals surface area (Å²) < 4.78 is 5.69. The molecule has 0 aromatic heterocycles. The molecule has 19 heavy (non-hydrogen) atoms. The molecular formula is C15H20N2O2. The van der Waals surface area contributed by atoms with Crippen molar-refractivity contribution in [2.24, 2.45) is 0 Å². The van der Waals surface area contributed by atoms with E-state index < -0.39 is 0 Å². The second-order valence-corrected chi connectivity index (χ2v) is 5.32. The maximum Gasteiger partial charge on any atom is 0.317 e. The van der Waals surface area contributed by atoms with Crippen LogP contribution >= 0.6 is 0 Å². The molecule has 4 heteroatoms. The number of urea groups is 1. The number of fused-ring (bicyclic) bond motifs is 1. The number of nitrogens with zero attached hydrogens (tertiary/aromatic N) is 1. The van der Waals surface area contributed by atoms with Gasteiger partial charge in [-0.2, -0.15) is 0 Å². The Bertz CT molecular complexity index is 455. The molecule has 0 radical (unpaired) electrons. The second-order valence-electron chi connectivity index (χ2n) is 5.32. The van der Waals surface area contributed by atoms with Gasteiger partial charge >= 0.3 is 6.03 Å². The Morgan fingerprint density at radius 3 is 2.84 bits per heavy atom. The minimum atomic E-state index is 0.0627. The summed E-state index contributed by atoms with van der Waals surface area (Å²) in [7, 11) is 0. The average Bonchev–Trinajstić information content (AvgIpc) is 2.48. The fraction of sp³-hybridized carbons (Fsp3) is 0.533. The Balaban J connectivity index is 1.58. The van der Waals surface area contributed by atoms with Crippen LogP contribution in [0.25, 0.3) is 0 Å². The van der Waals surface area contributed by atoms with Gasteiger partial charge in [0, 0.05) is 13.1 Å². The van der Waals surface area contributed by atoms with Gasteiger partial charge in [0.05, 0.1) is 6.04 Å². The highest BCUT2D eigenvalue weighted by Crippen LogP contribution is 2.24. The molecule has 2 heterocycles. The van der Waals surface area contributed by atoms with Crippen LogP contribution in [-0.4, -0.2) is 36.7 Å². The minimum absolute atomic E-state index is 0.0627. The molecule has 1 aromatic carbocycles. The summed E-state index contributed by atoms with van der Waals surface area (Å²) in [5, 5.41) is 3.09. The summed E-state index contributed by atoms with van der Waals surface area (Å²) in [5.41, 5.74) is 1.18. The number of carbonyl (C=O) groups is 1. The molecule has 4 nitrogen and oxygen atoms in total. The van der Waals surface area contributed by atoms with Crippen LogP contribution in [0.2, 0.25) is 0 Å². The monoisotopic (exact) mass is 260 g/mol. The Kier molecular flexibility index (Phi) is 3.58. The first-order chi connectivity index (χ1) is 9.33. The molecule has 1 fully saturated rings. The van der Waals surface area contributed by atoms with E-state index in [2.05, 4.69) is 11.4 Å². The highest BCUT2D eigenvalue weighted by molar-refractivity contribution is 5.74. The fourth-order valence-electron chi connectivity index (χ4n) is 2.78. The lowest BCUT2D eigenvalue weighted by molar-refractivity contribution is 0.171. The van der Waals surface area contributed by atoms with E-state index in [1.165, 1.54) is 12.0 Å². The van der Waals surface area contributed by atoms with Gasteiger partial charge in [0.15, 0.2) is 0 Å². The third kappa shape index (κ3) is 2.83. The highest BCUT2D eigenvalue weighted by Gasteiger charge is 2.24. The average molecular weight is 260 g/mol. The Hall–Kier alpha value is -1.71. The lowest BCUT2D eigenvalue weighted by atomic mass is 10.0. The number of carbonyl (C=O) groups excluding carboxylic acids is 1. The van der Waals surface area contributed by atoms with E-state index in [0.29, 0.717) is 6.61 Å². The zero-order valence-corrected chi connectivity index (χ0v) is 11.1. The van der Waals surface area contributed by atoms with E-state index in [1.807, 2.05) is 23.1 Å². The van der Waals surface area contributed by atoms with Gasteiger partial charge in [-0.05, 0) is 37.3 Å². The number of ether oxygens (including phenoxy) is 1. The van der Waals surface area contributed by atoms with E-state index >= 15 is 0 Å². The van der Waals surface area contributed by atoms with Crippen molar-refractivity contribution in [2.45, 2.75) is 31.7 Å². The van der Waals surface area contributed by atoms with Crippen LogP contribution in [0.4, 0.5) is 4.79 Å². The lowest BCUT2D eigenvalue weighted by Crippen LogP contribution is -2.50. The first-order valence-corrected chi connectivity index (χ1v) is 7.09. The molecule has 0 saturated carbocycles. The quantitative estimate of drug-likeness (QED) is 0.841. The van der Waals surface area contributed by atoms with Gasteiger partial charge < -0.3 is 15.0 Å². The molecule has 0 spiro atoms. The van der Waals surface area contributed by atoms with Crippen molar-refractivity contribution >= 4 is 6.03 Å². The van der Waals surface area contributed by atoms with Crippen molar-refractivity contribution in [1.29, 1.82) is 0 Å². The van der Waals surface area contributed by atoms with Gasteiger partial charge in [-0.1, -0.05) is 18.2 Å². The van der Waals surface area contributed by atoms with Crippen molar-refractivity contribution < 1.29 is 9.53 Å². The summed E-state index contributed by atoms with van der Waals surface area (Å²) in [6, 6.07) is 8.19. The van der Waals surface area contributed by atoms with Gasteiger partial charge in [-0.25, -0.2) is 4.79 Å². The molecule has 1 saturated heterocycles. The predicted molar refractivity (Wildman–Crippen MR) is 73.4 cm³/mol. The molecule has 2 amide bonds. The van der Waals surface area contributed by atoms with Gasteiger partial charge in [0.1, 0.15) is 12.4 Å². The smallest absolute Gasteiger partial charge is 0.317 e. The normalized spacial score (nSPS) is 22.3. The predicted octanol–water partition coefficient (Wildman–Crippen LogP) is 2.19. The molecule has 1 N–H and O–H groups in total. The number of amides is 2. The standard InChI is InChI=1S/C15H20N2O2/c18-15(17-8-4-1-5-9-17)16-13-10-12-6-2-3-7-14(12)19-11-13/h2-3,6-7,13H,1,4-5,8-11H2,(H,16,18). The molecule has 3 rings (SSSR count). The molecular weight excluding hydrogens is 240 g/mol. The van der Waals surface area contributed by atoms with Crippen LogP contribution in [0.5, 0.6) is 5.75 Å². The minimum Gasteiger partial charge on any atom is -0.491 e. The number of hydrogen-bond donors (Lipinski definition) is 1. The van der Waals surface area contributed by atoms with Gasteiger partial charge in [-0.15, -0.1) is 0 Å². The molecule has 1 aromatic rings. The van der Waals surface area contributed by atoms with E-state index in [0.717, 1.165) is 38.1 Å². The highest BCUT2D eigenvalue weighted by atomic mass is 16.5. The van der Waals surface area contributed by atoms with E-state index in [9.17, 15) is 4.79 Å². The number of likely N-dealkylation sites (tertiary alicyclic amines) is 1. The summed E-state index contributed by atoms with van der Waals surface area (Å²) in [6.07, 6.45) is 4.34. The molecule has 1 unspecified atom stereocenters. The lowest BCUT2D eigenvalue weighted by Gasteiger charge is -2.31. The van der Waals surface area contributed by atoms with Gasteiger partial charge in [0.25, 0.3) is 0 Å². The third-order valence-electron chi connectivity index (χ3n) is 3.85. The van der Waals surface area contributed by atoms with Crippen LogP contribution in [0, 0.1) is 0 Å². The zero-order chi connectivity index (χ0) is 13.1. The van der Waals surface area contributed by atoms with Crippen molar-refractivity contribution in [2.75, 3.05) is 19.7 Å². The van der Waals surface area contributed by atoms with Crippen molar-refractivity contribution in [1.82, 2.24) is 10.2 Å². The maximum atomic E-state index is 12.1. The van der Waals surface area contributed by atoms with Crippen LogP contribution in [0.1, 0.15) is 24.8 Å². The SMILES string of the molecule is O=C(NC1COc2ccccc2C1)N1CCCCC1. The molecule has 2 aliphatic heterocycles. The topological polar surface area (TPSA) is 41.6 Å². The molecule has 2 aliphatic rings. The van der Waals surface area contributed by atoms with Crippen molar-refractivity contribution in [3.63, 3.8) is 0 Å². The second kappa shape index (κ2) is 5.51. The van der Waals surface area contributed by atoms with Crippen LogP contribution in [0.3, 0.4) is 0 Å². The third-order valence-corrected chi connectivity index (χ3v) is 3.85. The number of piperidine rings is 1. The number of para-hydroxylation sites is 1. The number of nitrogens with one attached hydrogen (secondary N) is 1. The summed E-state index contributed by atoms with van der Waals surface area (Å²) in [6.45, 7) is 2.34. The van der Waals surface area contributed by atoms with Gasteiger partial charge in [0.2, 0.25) is 0 Å². The molecule has 102 valence electrons. The van der Waals surface area contributed by atoms with Crippen LogP contribution < -0.4 is 10.1 Å². The first-order valence-electron chi connectivity index (χ1n) is 7.09. The van der Waals surface area contributed by atoms with Crippen molar-refractivity contribution in [3.05, 3.63) is 29.8 Å². The molecule has 0 bridgehead atoms. The van der Waals surface area contributed by atoms with E-state index in [4.69, 9.17) is 4.74 Å². The van der Waals surface area contributed by atoms with Gasteiger partial charge in [-0.3, -0.25) is 0 Å². The summed E-state index contributed by atoms with van der Waals surface area (Å²) in [4.78, 5) is 14.1. The molecule has 0 aliphatic carbocycles. The Labute approximate surface area is 113 Å². The summed E-state index contributed by atoms with van der Waals surface area (Å²) >= 11 is 0. The zero-order valence-electron chi connectivity index (χ0n) is 11.1. The number of hydrogen-bond acceptors (Lipinski definition) is 2. The fourth-order valence-corrected chi connectivity index (χ4v) is 2.78. The number of benzene rings is 1. The Morgan fingerprint density at radius 2 is 2.00 bits per heavy atom. The first kappa shape index (κ1) is 12.3. The maximum absolute atomic E-state index is 12.1. The molecule has 1 atom stereocenters. The van der Waals surface area contributed by atoms with Crippen LogP contribution in [-0.2, 0) is 6.42 Å². The van der Waals surface area contributed by atoms with E-state index in [1.54, 1.807) is 0 Å². The van der Waals surface area contributed by atoms with E-state index in [-0.39, 0.29) is 12.1 Å². The number of rotatable bonds is 1. The largest absolute Gasteiger partial charge is 0.491 e. The van der Waals surface area contributed by atoms with Crippen LogP contribution in [0.15, 0.2) is 24.3 Å². The Morgan fingerprint density at radius 1 is 1.21 bits per heavy atom. The van der Waals surface area contributed by atoms with Crippen molar-refractivity contribution in [3.8, 4) is 5.75 Å². The summed E-state index contributed by atoms with van der Waals surface area (Å²) in [5.74, 6) is 0.950.